The first-order valence-corrected chi connectivity index (χ1v) is 4.40. The lowest BCUT2D eigenvalue weighted by Crippen LogP contribution is -2.20. The molecule has 1 amide bonds. The van der Waals surface area contributed by atoms with Crippen molar-refractivity contribution >= 4 is 5.91 Å². The van der Waals surface area contributed by atoms with Crippen molar-refractivity contribution in [1.29, 1.82) is 0 Å². The highest BCUT2D eigenvalue weighted by Crippen LogP contribution is 1.90. The minimum Gasteiger partial charge on any atom is -0.355 e. The first-order chi connectivity index (χ1) is 6.68. The van der Waals surface area contributed by atoms with E-state index in [-0.39, 0.29) is 5.91 Å². The molecule has 0 aliphatic rings. The van der Waals surface area contributed by atoms with Crippen molar-refractivity contribution in [1.82, 2.24) is 14.9 Å². The Labute approximate surface area is 83.3 Å². The van der Waals surface area contributed by atoms with Crippen LogP contribution in [-0.4, -0.2) is 22.0 Å². The Hall–Kier alpha value is -1.76. The molecular formula is C10H13N3O. The molecule has 1 rings (SSSR count). The van der Waals surface area contributed by atoms with Gasteiger partial charge in [-0.25, -0.2) is 4.98 Å². The summed E-state index contributed by atoms with van der Waals surface area (Å²) in [5, 5.41) is 2.67. The topological polar surface area (TPSA) is 46.9 Å². The minimum atomic E-state index is -0.0235. The highest BCUT2D eigenvalue weighted by Gasteiger charge is 1.89. The number of imidazole rings is 1. The average molecular weight is 191 g/mol. The van der Waals surface area contributed by atoms with E-state index >= 15 is 0 Å². The molecule has 0 bridgehead atoms. The quantitative estimate of drug-likeness (QED) is 0.540. The van der Waals surface area contributed by atoms with Crippen LogP contribution in [0.15, 0.2) is 12.5 Å². The summed E-state index contributed by atoms with van der Waals surface area (Å²) in [6, 6.07) is 0. The molecule has 1 aromatic heterocycles. The second-order valence-corrected chi connectivity index (χ2v) is 2.96. The number of carbonyl (C=O) groups excluding carboxylic acids is 1. The van der Waals surface area contributed by atoms with E-state index in [9.17, 15) is 4.79 Å². The van der Waals surface area contributed by atoms with Gasteiger partial charge in [-0.1, -0.05) is 5.92 Å². The standard InChI is InChI=1S/C10H13N3O/c1-9(14)11-6-4-3-5-10-7-13(2)8-12-10/h7-8H,4,6H2,1-2H3,(H,11,14). The van der Waals surface area contributed by atoms with Crippen molar-refractivity contribution in [2.24, 2.45) is 7.05 Å². The molecule has 0 spiro atoms. The van der Waals surface area contributed by atoms with Gasteiger partial charge in [0, 0.05) is 33.1 Å². The molecule has 0 aliphatic heterocycles. The summed E-state index contributed by atoms with van der Waals surface area (Å²) in [6.07, 6.45) is 4.21. The van der Waals surface area contributed by atoms with E-state index in [1.807, 2.05) is 17.8 Å². The van der Waals surface area contributed by atoms with Gasteiger partial charge in [0.05, 0.1) is 6.33 Å². The minimum absolute atomic E-state index is 0.0235. The van der Waals surface area contributed by atoms with Gasteiger partial charge < -0.3 is 9.88 Å². The van der Waals surface area contributed by atoms with E-state index in [1.165, 1.54) is 6.92 Å². The van der Waals surface area contributed by atoms with E-state index in [2.05, 4.69) is 22.1 Å². The Morgan fingerprint density at radius 3 is 3.07 bits per heavy atom. The van der Waals surface area contributed by atoms with Gasteiger partial charge >= 0.3 is 0 Å². The van der Waals surface area contributed by atoms with Crippen LogP contribution in [0.1, 0.15) is 19.0 Å². The summed E-state index contributed by atoms with van der Waals surface area (Å²) >= 11 is 0. The van der Waals surface area contributed by atoms with Gasteiger partial charge in [0.15, 0.2) is 0 Å². The summed E-state index contributed by atoms with van der Waals surface area (Å²) in [4.78, 5) is 14.6. The monoisotopic (exact) mass is 191 g/mol. The van der Waals surface area contributed by atoms with Crippen LogP contribution in [0.5, 0.6) is 0 Å². The molecule has 14 heavy (non-hydrogen) atoms. The third-order valence-corrected chi connectivity index (χ3v) is 1.55. The molecule has 4 nitrogen and oxygen atoms in total. The maximum atomic E-state index is 10.5. The summed E-state index contributed by atoms with van der Waals surface area (Å²) in [6.45, 7) is 2.08. The average Bonchev–Trinajstić information content (AvgIpc) is 2.50. The first kappa shape index (κ1) is 10.3. The van der Waals surface area contributed by atoms with Gasteiger partial charge in [-0.15, -0.1) is 0 Å². The number of nitrogens with one attached hydrogen (secondary N) is 1. The van der Waals surface area contributed by atoms with Gasteiger partial charge in [-0.05, 0) is 5.92 Å². The zero-order valence-electron chi connectivity index (χ0n) is 8.37. The molecule has 0 fully saturated rings. The lowest BCUT2D eigenvalue weighted by molar-refractivity contribution is -0.118. The second kappa shape index (κ2) is 5.07. The van der Waals surface area contributed by atoms with Crippen LogP contribution in [0, 0.1) is 11.8 Å². The third kappa shape index (κ3) is 3.76. The van der Waals surface area contributed by atoms with Crippen LogP contribution in [0.4, 0.5) is 0 Å². The molecule has 0 aliphatic carbocycles. The number of aromatic nitrogens is 2. The number of nitrogens with zero attached hydrogens (tertiary/aromatic N) is 2. The van der Waals surface area contributed by atoms with Gasteiger partial charge in [-0.2, -0.15) is 0 Å². The summed E-state index contributed by atoms with van der Waals surface area (Å²) in [5.41, 5.74) is 0.760. The molecule has 0 saturated carbocycles. The molecular weight excluding hydrogens is 178 g/mol. The van der Waals surface area contributed by atoms with Gasteiger partial charge in [0.1, 0.15) is 5.69 Å². The zero-order chi connectivity index (χ0) is 10.4. The molecule has 1 N–H and O–H groups in total. The highest BCUT2D eigenvalue weighted by atomic mass is 16.1. The van der Waals surface area contributed by atoms with Gasteiger partial charge in [-0.3, -0.25) is 4.79 Å². The number of carbonyl (C=O) groups is 1. The SMILES string of the molecule is CC(=O)NCCC#Cc1cn(C)cn1. The van der Waals surface area contributed by atoms with E-state index < -0.39 is 0 Å². The van der Waals surface area contributed by atoms with Crippen molar-refractivity contribution in [3.05, 3.63) is 18.2 Å². The Morgan fingerprint density at radius 2 is 2.50 bits per heavy atom. The predicted molar refractivity (Wildman–Crippen MR) is 53.4 cm³/mol. The maximum absolute atomic E-state index is 10.5. The summed E-state index contributed by atoms with van der Waals surface area (Å²) in [7, 11) is 1.90. The number of hydrogen-bond donors (Lipinski definition) is 1. The molecule has 0 atom stereocenters. The summed E-state index contributed by atoms with van der Waals surface area (Å²) in [5.74, 6) is 5.81. The number of hydrogen-bond acceptors (Lipinski definition) is 2. The number of aryl methyl sites for hydroxylation is 1. The smallest absolute Gasteiger partial charge is 0.216 e. The fourth-order valence-corrected chi connectivity index (χ4v) is 0.931. The summed E-state index contributed by atoms with van der Waals surface area (Å²) < 4.78 is 1.85. The third-order valence-electron chi connectivity index (χ3n) is 1.55. The largest absolute Gasteiger partial charge is 0.355 e. The predicted octanol–water partition coefficient (Wildman–Crippen LogP) is 0.298. The molecule has 0 aromatic carbocycles. The Kier molecular flexibility index (Phi) is 3.74. The van der Waals surface area contributed by atoms with Gasteiger partial charge in [0.2, 0.25) is 5.91 Å². The molecule has 74 valence electrons. The lowest BCUT2D eigenvalue weighted by atomic mass is 10.4. The van der Waals surface area contributed by atoms with Crippen molar-refractivity contribution < 1.29 is 4.79 Å². The number of rotatable bonds is 2. The van der Waals surface area contributed by atoms with Crippen molar-refractivity contribution in [3.63, 3.8) is 0 Å². The maximum Gasteiger partial charge on any atom is 0.216 e. The van der Waals surface area contributed by atoms with E-state index in [0.717, 1.165) is 5.69 Å². The van der Waals surface area contributed by atoms with Crippen LogP contribution >= 0.6 is 0 Å². The molecule has 4 heteroatoms. The highest BCUT2D eigenvalue weighted by molar-refractivity contribution is 5.72. The van der Waals surface area contributed by atoms with E-state index in [1.54, 1.807) is 6.33 Å². The molecule has 0 saturated heterocycles. The van der Waals surface area contributed by atoms with Crippen LogP contribution in [-0.2, 0) is 11.8 Å². The molecule has 0 radical (unpaired) electrons. The number of amides is 1. The second-order valence-electron chi connectivity index (χ2n) is 2.96. The molecule has 0 unspecified atom stereocenters. The Morgan fingerprint density at radius 1 is 1.71 bits per heavy atom. The Balaban J connectivity index is 2.30. The first-order valence-electron chi connectivity index (χ1n) is 4.40. The zero-order valence-corrected chi connectivity index (χ0v) is 8.37. The van der Waals surface area contributed by atoms with E-state index in [4.69, 9.17) is 0 Å². The lowest BCUT2D eigenvalue weighted by Gasteiger charge is -1.94. The fraction of sp³-hybridized carbons (Fsp3) is 0.400. The van der Waals surface area contributed by atoms with Crippen molar-refractivity contribution in [2.45, 2.75) is 13.3 Å². The van der Waals surface area contributed by atoms with Crippen LogP contribution < -0.4 is 5.32 Å². The Bertz CT molecular complexity index is 370. The van der Waals surface area contributed by atoms with Crippen molar-refractivity contribution in [3.8, 4) is 11.8 Å². The van der Waals surface area contributed by atoms with Gasteiger partial charge in [0.25, 0.3) is 0 Å². The molecule has 1 heterocycles. The van der Waals surface area contributed by atoms with Crippen LogP contribution in [0.25, 0.3) is 0 Å². The van der Waals surface area contributed by atoms with Crippen LogP contribution in [0.2, 0.25) is 0 Å². The normalized spacial score (nSPS) is 9.00. The van der Waals surface area contributed by atoms with Crippen molar-refractivity contribution in [2.75, 3.05) is 6.54 Å². The molecule has 1 aromatic rings. The van der Waals surface area contributed by atoms with E-state index in [0.29, 0.717) is 13.0 Å². The fourth-order valence-electron chi connectivity index (χ4n) is 0.931. The van der Waals surface area contributed by atoms with Crippen LogP contribution in [0.3, 0.4) is 0 Å².